The smallest absolute Gasteiger partial charge is 0.349 e. The SMILES string of the molecule is Cc1cccc(C(=O)O[C@@H](C(=O)O)[C@@H](OC(=O)c2cccc(C)c2)C(=O)NNC(=O)c2ccc(NC(=O)c3ccc(Cl)cc3)cc2)c1. The van der Waals surface area contributed by atoms with Gasteiger partial charge in [0.1, 0.15) is 0 Å². The van der Waals surface area contributed by atoms with Crippen LogP contribution in [0.1, 0.15) is 52.6 Å². The van der Waals surface area contributed by atoms with Crippen molar-refractivity contribution in [2.24, 2.45) is 0 Å². The van der Waals surface area contributed by atoms with E-state index in [4.69, 9.17) is 21.1 Å². The van der Waals surface area contributed by atoms with Crippen LogP contribution in [0, 0.1) is 13.8 Å². The van der Waals surface area contributed by atoms with Crippen LogP contribution in [0.2, 0.25) is 5.02 Å². The molecule has 3 amide bonds. The minimum Gasteiger partial charge on any atom is -0.478 e. The highest BCUT2D eigenvalue weighted by Crippen LogP contribution is 2.16. The number of benzene rings is 4. The number of amides is 3. The topological polar surface area (TPSA) is 177 Å². The largest absolute Gasteiger partial charge is 0.478 e. The number of esters is 2. The fraction of sp³-hybridized carbons (Fsp3) is 0.118. The number of hydrogen-bond donors (Lipinski definition) is 4. The van der Waals surface area contributed by atoms with Crippen molar-refractivity contribution in [2.75, 3.05) is 5.32 Å². The summed E-state index contributed by atoms with van der Waals surface area (Å²) in [6, 6.07) is 24.1. The van der Waals surface area contributed by atoms with E-state index in [0.717, 1.165) is 0 Å². The summed E-state index contributed by atoms with van der Waals surface area (Å²) in [6.45, 7) is 3.42. The Morgan fingerprint density at radius 1 is 0.617 bits per heavy atom. The minimum atomic E-state index is -2.29. The van der Waals surface area contributed by atoms with Gasteiger partial charge in [0.2, 0.25) is 12.2 Å². The van der Waals surface area contributed by atoms with Gasteiger partial charge in [0.05, 0.1) is 11.1 Å². The van der Waals surface area contributed by atoms with Crippen LogP contribution >= 0.6 is 11.6 Å². The molecule has 4 aromatic carbocycles. The van der Waals surface area contributed by atoms with Crippen LogP contribution in [0.25, 0.3) is 0 Å². The Morgan fingerprint density at radius 3 is 1.62 bits per heavy atom. The van der Waals surface area contributed by atoms with E-state index in [0.29, 0.717) is 27.4 Å². The molecule has 0 aliphatic rings. The number of hydrazine groups is 1. The molecule has 2 atom stereocenters. The zero-order valence-electron chi connectivity index (χ0n) is 25.0. The summed E-state index contributed by atoms with van der Waals surface area (Å²) in [7, 11) is 0. The molecule has 0 saturated carbocycles. The highest BCUT2D eigenvalue weighted by Gasteiger charge is 2.41. The molecule has 0 spiro atoms. The van der Waals surface area contributed by atoms with Gasteiger partial charge in [0, 0.05) is 21.8 Å². The molecule has 4 rings (SSSR count). The van der Waals surface area contributed by atoms with Gasteiger partial charge in [-0.1, -0.05) is 47.0 Å². The molecule has 13 heteroatoms. The van der Waals surface area contributed by atoms with Gasteiger partial charge in [0.25, 0.3) is 17.7 Å². The molecule has 0 radical (unpaired) electrons. The van der Waals surface area contributed by atoms with E-state index in [-0.39, 0.29) is 16.7 Å². The molecule has 0 heterocycles. The third-order valence-electron chi connectivity index (χ3n) is 6.56. The number of nitrogens with one attached hydrogen (secondary N) is 3. The van der Waals surface area contributed by atoms with Crippen LogP contribution in [0.15, 0.2) is 97.1 Å². The number of hydrogen-bond acceptors (Lipinski definition) is 8. The Morgan fingerprint density at radius 2 is 1.11 bits per heavy atom. The van der Waals surface area contributed by atoms with Gasteiger partial charge in [-0.25, -0.2) is 14.4 Å². The van der Waals surface area contributed by atoms with E-state index in [1.165, 1.54) is 48.5 Å². The van der Waals surface area contributed by atoms with Gasteiger partial charge in [-0.3, -0.25) is 25.2 Å². The zero-order valence-corrected chi connectivity index (χ0v) is 25.7. The Hall–Kier alpha value is -6.01. The molecule has 47 heavy (non-hydrogen) atoms. The number of carbonyl (C=O) groups is 6. The second-order valence-electron chi connectivity index (χ2n) is 10.2. The number of carboxylic acids is 1. The third-order valence-corrected chi connectivity index (χ3v) is 6.81. The standard InChI is InChI=1S/C34H28ClN3O9/c1-19-5-3-7-23(17-19)33(44)46-27(28(32(42)43)47-34(45)24-8-4-6-20(2)18-24)31(41)38-37-30(40)22-11-15-26(16-12-22)36-29(39)21-9-13-25(35)14-10-21/h3-18,27-28H,1-2H3,(H,36,39)(H,37,40)(H,38,41)(H,42,43)/t27-,28-/m1/s1. The van der Waals surface area contributed by atoms with E-state index >= 15 is 0 Å². The Labute approximate surface area is 273 Å². The van der Waals surface area contributed by atoms with Crippen LogP contribution in [-0.2, 0) is 19.1 Å². The van der Waals surface area contributed by atoms with Crippen LogP contribution in [0.4, 0.5) is 5.69 Å². The molecule has 240 valence electrons. The first-order valence-electron chi connectivity index (χ1n) is 14.0. The Bertz CT molecular complexity index is 1830. The van der Waals surface area contributed by atoms with Crippen LogP contribution in [-0.4, -0.2) is 52.9 Å². The number of rotatable bonds is 10. The van der Waals surface area contributed by atoms with Crippen LogP contribution in [0.3, 0.4) is 0 Å². The molecule has 0 bridgehead atoms. The van der Waals surface area contributed by atoms with Crippen molar-refractivity contribution in [1.82, 2.24) is 10.9 Å². The maximum Gasteiger partial charge on any atom is 0.349 e. The monoisotopic (exact) mass is 657 g/mol. The van der Waals surface area contributed by atoms with Gasteiger partial charge < -0.3 is 19.9 Å². The molecule has 0 aliphatic heterocycles. The number of carboxylic acid groups (broad SMARTS) is 1. The summed E-state index contributed by atoms with van der Waals surface area (Å²) in [5, 5.41) is 13.1. The lowest BCUT2D eigenvalue weighted by molar-refractivity contribution is -0.159. The molecule has 12 nitrogen and oxygen atoms in total. The Kier molecular flexibility index (Phi) is 11.0. The zero-order chi connectivity index (χ0) is 34.1. The fourth-order valence-electron chi connectivity index (χ4n) is 4.18. The van der Waals surface area contributed by atoms with Gasteiger partial charge >= 0.3 is 17.9 Å². The highest BCUT2D eigenvalue weighted by atomic mass is 35.5. The van der Waals surface area contributed by atoms with Gasteiger partial charge in [-0.05, 0) is 86.6 Å². The third kappa shape index (κ3) is 9.25. The summed E-state index contributed by atoms with van der Waals surface area (Å²) < 4.78 is 10.4. The van der Waals surface area contributed by atoms with Gasteiger partial charge in [0.15, 0.2) is 0 Å². The number of aliphatic carboxylic acids is 1. The molecule has 0 fully saturated rings. The summed E-state index contributed by atoms with van der Waals surface area (Å²) in [5.74, 6) is -6.48. The molecular formula is C34H28ClN3O9. The second kappa shape index (κ2) is 15.3. The minimum absolute atomic E-state index is 0.00141. The fourth-order valence-corrected chi connectivity index (χ4v) is 4.30. The normalized spacial score (nSPS) is 11.7. The van der Waals surface area contributed by atoms with Crippen molar-refractivity contribution in [3.63, 3.8) is 0 Å². The molecule has 4 N–H and O–H groups in total. The van der Waals surface area contributed by atoms with Crippen molar-refractivity contribution in [3.8, 4) is 0 Å². The average Bonchev–Trinajstić information content (AvgIpc) is 3.05. The first-order chi connectivity index (χ1) is 22.4. The van der Waals surface area contributed by atoms with Crippen molar-refractivity contribution in [3.05, 3.63) is 135 Å². The van der Waals surface area contributed by atoms with Crippen molar-refractivity contribution < 1.29 is 43.3 Å². The predicted octanol–water partition coefficient (Wildman–Crippen LogP) is 4.51. The first-order valence-corrected chi connectivity index (χ1v) is 14.3. The predicted molar refractivity (Wildman–Crippen MR) is 170 cm³/mol. The van der Waals surface area contributed by atoms with Crippen LogP contribution < -0.4 is 16.2 Å². The average molecular weight is 658 g/mol. The summed E-state index contributed by atoms with van der Waals surface area (Å²) in [5.41, 5.74) is 6.30. The van der Waals surface area contributed by atoms with E-state index in [9.17, 15) is 33.9 Å². The second-order valence-corrected chi connectivity index (χ2v) is 10.6. The summed E-state index contributed by atoms with van der Waals surface area (Å²) in [6.07, 6.45) is -4.52. The van der Waals surface area contributed by atoms with E-state index < -0.39 is 47.8 Å². The van der Waals surface area contributed by atoms with Gasteiger partial charge in [-0.2, -0.15) is 0 Å². The van der Waals surface area contributed by atoms with E-state index in [1.807, 2.05) is 5.43 Å². The number of anilines is 1. The highest BCUT2D eigenvalue weighted by molar-refractivity contribution is 6.30. The number of carbonyl (C=O) groups excluding carboxylic acids is 5. The molecule has 0 saturated heterocycles. The van der Waals surface area contributed by atoms with Gasteiger partial charge in [-0.15, -0.1) is 0 Å². The molecular weight excluding hydrogens is 630 g/mol. The molecule has 0 aromatic heterocycles. The maximum absolute atomic E-state index is 13.2. The van der Waals surface area contributed by atoms with Crippen molar-refractivity contribution in [1.29, 1.82) is 0 Å². The molecule has 0 unspecified atom stereocenters. The first kappa shape index (κ1) is 33.9. The maximum atomic E-state index is 13.2. The summed E-state index contributed by atoms with van der Waals surface area (Å²) >= 11 is 5.85. The number of ether oxygens (including phenoxy) is 2. The van der Waals surface area contributed by atoms with Crippen LogP contribution in [0.5, 0.6) is 0 Å². The molecule has 0 aliphatic carbocycles. The Balaban J connectivity index is 1.48. The number of aryl methyl sites for hydroxylation is 2. The lowest BCUT2D eigenvalue weighted by atomic mass is 10.1. The molecule has 4 aromatic rings. The number of halogens is 1. The lowest BCUT2D eigenvalue weighted by Crippen LogP contribution is -2.54. The van der Waals surface area contributed by atoms with Crippen molar-refractivity contribution >= 4 is 52.9 Å². The summed E-state index contributed by atoms with van der Waals surface area (Å²) in [4.78, 5) is 76.5. The quantitative estimate of drug-likeness (QED) is 0.141. The van der Waals surface area contributed by atoms with E-state index in [1.54, 1.807) is 62.4 Å². The lowest BCUT2D eigenvalue weighted by Gasteiger charge is -2.23. The van der Waals surface area contributed by atoms with E-state index in [2.05, 4.69) is 10.7 Å². The van der Waals surface area contributed by atoms with Crippen molar-refractivity contribution in [2.45, 2.75) is 26.1 Å².